The lowest BCUT2D eigenvalue weighted by Gasteiger charge is -2.12. The molecule has 3 rings (SSSR count). The minimum atomic E-state index is 0.792. The van der Waals surface area contributed by atoms with Gasteiger partial charge in [0.1, 0.15) is 6.26 Å². The zero-order valence-corrected chi connectivity index (χ0v) is 6.95. The fraction of sp³-hybridized carbons (Fsp3) is 0.100. The molecule has 64 valence electrons. The SMILES string of the molecule is C1=Cc2c(ccc3c2=NCC=3)NO1. The quantitative estimate of drug-likeness (QED) is 0.615. The average Bonchev–Trinajstić information content (AvgIpc) is 2.65. The van der Waals surface area contributed by atoms with E-state index in [-0.39, 0.29) is 0 Å². The Labute approximate surface area is 75.0 Å². The van der Waals surface area contributed by atoms with E-state index in [1.54, 1.807) is 6.26 Å². The van der Waals surface area contributed by atoms with Gasteiger partial charge in [-0.15, -0.1) is 0 Å². The summed E-state index contributed by atoms with van der Waals surface area (Å²) in [7, 11) is 0. The summed E-state index contributed by atoms with van der Waals surface area (Å²) in [6, 6.07) is 4.06. The third-order valence-electron chi connectivity index (χ3n) is 2.28. The second-order valence-electron chi connectivity index (χ2n) is 3.03. The molecule has 0 fully saturated rings. The molecule has 0 radical (unpaired) electrons. The molecular weight excluding hydrogens is 164 g/mol. The minimum absolute atomic E-state index is 0.792. The second kappa shape index (κ2) is 2.36. The van der Waals surface area contributed by atoms with Crippen LogP contribution in [0.3, 0.4) is 0 Å². The van der Waals surface area contributed by atoms with Crippen molar-refractivity contribution in [1.82, 2.24) is 0 Å². The van der Waals surface area contributed by atoms with Crippen LogP contribution < -0.4 is 16.1 Å². The van der Waals surface area contributed by atoms with Crippen LogP contribution >= 0.6 is 0 Å². The van der Waals surface area contributed by atoms with Gasteiger partial charge in [0.25, 0.3) is 0 Å². The van der Waals surface area contributed by atoms with Crippen molar-refractivity contribution in [3.05, 3.63) is 34.5 Å². The first-order valence-corrected chi connectivity index (χ1v) is 4.21. The molecule has 0 aliphatic carbocycles. The Bertz CT molecular complexity index is 502. The molecule has 1 N–H and O–H groups in total. The topological polar surface area (TPSA) is 33.6 Å². The summed E-state index contributed by atoms with van der Waals surface area (Å²) in [6.07, 6.45) is 5.70. The highest BCUT2D eigenvalue weighted by atomic mass is 16.6. The first-order valence-electron chi connectivity index (χ1n) is 4.21. The maximum Gasteiger partial charge on any atom is 0.119 e. The zero-order valence-electron chi connectivity index (χ0n) is 6.95. The highest BCUT2D eigenvalue weighted by Crippen LogP contribution is 2.15. The number of anilines is 1. The van der Waals surface area contributed by atoms with E-state index in [1.165, 1.54) is 5.22 Å². The lowest BCUT2D eigenvalue weighted by Crippen LogP contribution is -2.26. The summed E-state index contributed by atoms with van der Waals surface area (Å²) in [4.78, 5) is 9.38. The summed E-state index contributed by atoms with van der Waals surface area (Å²) >= 11 is 0. The molecule has 0 unspecified atom stereocenters. The number of hydrogen-bond acceptors (Lipinski definition) is 3. The number of hydrogen-bond donors (Lipinski definition) is 1. The molecule has 0 atom stereocenters. The molecule has 1 aromatic carbocycles. The van der Waals surface area contributed by atoms with Gasteiger partial charge in [-0.3, -0.25) is 4.99 Å². The molecule has 0 saturated heterocycles. The third kappa shape index (κ3) is 0.869. The van der Waals surface area contributed by atoms with Gasteiger partial charge in [0.05, 0.1) is 17.6 Å². The van der Waals surface area contributed by atoms with Crippen molar-refractivity contribution >= 4 is 17.8 Å². The van der Waals surface area contributed by atoms with Crippen molar-refractivity contribution in [2.75, 3.05) is 12.0 Å². The van der Waals surface area contributed by atoms with Crippen molar-refractivity contribution in [2.24, 2.45) is 4.99 Å². The molecule has 2 aliphatic heterocycles. The van der Waals surface area contributed by atoms with Crippen LogP contribution in [0.1, 0.15) is 5.56 Å². The van der Waals surface area contributed by atoms with Gasteiger partial charge in [-0.2, -0.15) is 0 Å². The van der Waals surface area contributed by atoms with E-state index >= 15 is 0 Å². The van der Waals surface area contributed by atoms with Crippen LogP contribution in [0, 0.1) is 0 Å². The largest absolute Gasteiger partial charge is 0.390 e. The molecule has 0 spiro atoms. The molecule has 13 heavy (non-hydrogen) atoms. The molecule has 0 aromatic heterocycles. The maximum atomic E-state index is 4.97. The van der Waals surface area contributed by atoms with Crippen LogP contribution in [0.4, 0.5) is 5.69 Å². The Morgan fingerprint density at radius 2 is 2.38 bits per heavy atom. The third-order valence-corrected chi connectivity index (χ3v) is 2.28. The monoisotopic (exact) mass is 172 g/mol. The summed E-state index contributed by atoms with van der Waals surface area (Å²) < 4.78 is 0. The lowest BCUT2D eigenvalue weighted by molar-refractivity contribution is 0.329. The first kappa shape index (κ1) is 6.71. The van der Waals surface area contributed by atoms with Gasteiger partial charge in [0.2, 0.25) is 0 Å². The first-order chi connectivity index (χ1) is 6.45. The van der Waals surface area contributed by atoms with E-state index in [2.05, 4.69) is 22.6 Å². The van der Waals surface area contributed by atoms with Crippen molar-refractivity contribution in [1.29, 1.82) is 0 Å². The van der Waals surface area contributed by atoms with E-state index in [4.69, 9.17) is 4.84 Å². The van der Waals surface area contributed by atoms with Crippen LogP contribution in [0.15, 0.2) is 23.4 Å². The smallest absolute Gasteiger partial charge is 0.119 e. The van der Waals surface area contributed by atoms with Gasteiger partial charge < -0.3 is 4.84 Å². The Morgan fingerprint density at radius 3 is 3.38 bits per heavy atom. The number of nitrogens with one attached hydrogen (secondary N) is 1. The Balaban J connectivity index is 2.45. The maximum absolute atomic E-state index is 4.97. The van der Waals surface area contributed by atoms with Gasteiger partial charge in [-0.25, -0.2) is 5.48 Å². The highest BCUT2D eigenvalue weighted by Gasteiger charge is 2.08. The molecule has 3 nitrogen and oxygen atoms in total. The van der Waals surface area contributed by atoms with Gasteiger partial charge in [0, 0.05) is 5.56 Å². The zero-order chi connectivity index (χ0) is 8.67. The summed E-state index contributed by atoms with van der Waals surface area (Å²) in [5.41, 5.74) is 4.94. The van der Waals surface area contributed by atoms with Gasteiger partial charge in [0.15, 0.2) is 0 Å². The van der Waals surface area contributed by atoms with Crippen molar-refractivity contribution in [2.45, 2.75) is 0 Å². The molecule has 0 bridgehead atoms. The molecule has 2 aliphatic rings. The van der Waals surface area contributed by atoms with Crippen LogP contribution in [-0.2, 0) is 4.84 Å². The van der Waals surface area contributed by atoms with E-state index < -0.39 is 0 Å². The number of nitrogens with zero attached hydrogens (tertiary/aromatic N) is 1. The molecular formula is C10H8N2O. The van der Waals surface area contributed by atoms with Crippen LogP contribution in [-0.4, -0.2) is 6.54 Å². The van der Waals surface area contributed by atoms with E-state index in [9.17, 15) is 0 Å². The highest BCUT2D eigenvalue weighted by molar-refractivity contribution is 5.67. The van der Waals surface area contributed by atoms with Gasteiger partial charge >= 0.3 is 0 Å². The predicted octanol–water partition coefficient (Wildman–Crippen LogP) is 0.428. The Morgan fingerprint density at radius 1 is 1.38 bits per heavy atom. The standard InChI is InChI=1S/C10H8N2O/c1-2-9-8(4-6-13-12-9)10-7(1)3-5-11-10/h1-4,6,12H,5H2. The number of fused-ring (bicyclic) bond motifs is 3. The van der Waals surface area contributed by atoms with E-state index in [0.29, 0.717) is 0 Å². The van der Waals surface area contributed by atoms with Gasteiger partial charge in [-0.1, -0.05) is 12.1 Å². The Hall–Kier alpha value is -1.77. The van der Waals surface area contributed by atoms with E-state index in [0.717, 1.165) is 23.2 Å². The fourth-order valence-electron chi connectivity index (χ4n) is 1.66. The van der Waals surface area contributed by atoms with Crippen LogP contribution in [0.25, 0.3) is 12.2 Å². The average molecular weight is 172 g/mol. The summed E-state index contributed by atoms with van der Waals surface area (Å²) in [5.74, 6) is 0. The van der Waals surface area contributed by atoms with Crippen LogP contribution in [0.5, 0.6) is 0 Å². The van der Waals surface area contributed by atoms with E-state index in [1.807, 2.05) is 12.1 Å². The molecule has 3 heteroatoms. The number of rotatable bonds is 0. The van der Waals surface area contributed by atoms with Crippen molar-refractivity contribution in [3.63, 3.8) is 0 Å². The van der Waals surface area contributed by atoms with Crippen molar-refractivity contribution in [3.8, 4) is 0 Å². The number of benzene rings is 1. The van der Waals surface area contributed by atoms with Gasteiger partial charge in [-0.05, 0) is 17.4 Å². The second-order valence-corrected chi connectivity index (χ2v) is 3.03. The Kier molecular flexibility index (Phi) is 1.22. The molecule has 0 amide bonds. The lowest BCUT2D eigenvalue weighted by atomic mass is 10.1. The normalized spacial score (nSPS) is 16.0. The summed E-state index contributed by atoms with van der Waals surface area (Å²) in [5, 5.41) is 2.29. The molecule has 2 heterocycles. The molecule has 0 saturated carbocycles. The van der Waals surface area contributed by atoms with Crippen LogP contribution in [0.2, 0.25) is 0 Å². The fourth-order valence-corrected chi connectivity index (χ4v) is 1.66. The predicted molar refractivity (Wildman–Crippen MR) is 50.3 cm³/mol. The molecule has 1 aromatic rings. The van der Waals surface area contributed by atoms with Crippen molar-refractivity contribution < 1.29 is 4.84 Å². The minimum Gasteiger partial charge on any atom is -0.390 e. The summed E-state index contributed by atoms with van der Waals surface area (Å²) in [6.45, 7) is 0.792.